The summed E-state index contributed by atoms with van der Waals surface area (Å²) in [6.45, 7) is 13.4. The monoisotopic (exact) mass is 420 g/mol. The molecule has 1 heteroatoms. The van der Waals surface area contributed by atoms with Gasteiger partial charge < -0.3 is 0 Å². The third-order valence-corrected chi connectivity index (χ3v) is 7.46. The fourth-order valence-electron chi connectivity index (χ4n) is 4.81. The first-order chi connectivity index (χ1) is 14.8. The van der Waals surface area contributed by atoms with Crippen LogP contribution in [-0.2, 0) is 0 Å². The van der Waals surface area contributed by atoms with Gasteiger partial charge in [0.2, 0.25) is 0 Å². The Balaban J connectivity index is 1.94. The van der Waals surface area contributed by atoms with Crippen LogP contribution < -0.4 is 5.19 Å². The van der Waals surface area contributed by atoms with Gasteiger partial charge in [0.05, 0.1) is 0 Å². The highest BCUT2D eigenvalue weighted by atomic mass is 28.2. The smallest absolute Gasteiger partial charge is 0.0806 e. The van der Waals surface area contributed by atoms with Crippen LogP contribution in [0, 0.1) is 33.6 Å². The van der Waals surface area contributed by atoms with Crippen molar-refractivity contribution in [3.63, 3.8) is 0 Å². The van der Waals surface area contributed by atoms with E-state index in [1.807, 2.05) is 0 Å². The molecule has 0 amide bonds. The second-order valence-corrected chi connectivity index (χ2v) is 10.7. The van der Waals surface area contributed by atoms with E-state index in [1.54, 1.807) is 5.20 Å². The van der Waals surface area contributed by atoms with Crippen LogP contribution in [0.3, 0.4) is 0 Å². The Hall–Kier alpha value is -2.64. The average Bonchev–Trinajstić information content (AvgIpc) is 3.15. The molecule has 0 unspecified atom stereocenters. The van der Waals surface area contributed by atoms with Crippen molar-refractivity contribution in [1.82, 2.24) is 0 Å². The number of rotatable bonds is 5. The number of hydrogen-bond donors (Lipinski definition) is 0. The molecule has 4 rings (SSSR count). The molecule has 0 aromatic heterocycles. The van der Waals surface area contributed by atoms with Gasteiger partial charge in [-0.15, -0.1) is 0 Å². The lowest BCUT2D eigenvalue weighted by molar-refractivity contribution is 0.790. The van der Waals surface area contributed by atoms with E-state index in [1.165, 1.54) is 55.3 Å². The minimum atomic E-state index is 0.577. The first-order valence-corrected chi connectivity index (χ1v) is 12.3. The predicted octanol–water partition coefficient (Wildman–Crippen LogP) is 7.45. The summed E-state index contributed by atoms with van der Waals surface area (Å²) in [6.07, 6.45) is 5.77. The van der Waals surface area contributed by atoms with Crippen molar-refractivity contribution in [3.8, 4) is 22.3 Å². The van der Waals surface area contributed by atoms with Gasteiger partial charge in [-0.3, -0.25) is 0 Å². The topological polar surface area (TPSA) is 0 Å². The number of allylic oxidation sites excluding steroid dienone is 4. The molecular formula is C30H32Si. The largest absolute Gasteiger partial charge is 0.117 e. The highest BCUT2D eigenvalue weighted by Crippen LogP contribution is 2.34. The van der Waals surface area contributed by atoms with Gasteiger partial charge in [-0.25, -0.2) is 0 Å². The molecule has 1 aliphatic carbocycles. The summed E-state index contributed by atoms with van der Waals surface area (Å²) in [5.74, 6) is 0.577. The summed E-state index contributed by atoms with van der Waals surface area (Å²) >= 11 is 0. The molecule has 31 heavy (non-hydrogen) atoms. The van der Waals surface area contributed by atoms with E-state index in [0.717, 1.165) is 6.42 Å². The van der Waals surface area contributed by atoms with Crippen molar-refractivity contribution in [2.45, 2.75) is 48.0 Å². The Bertz CT molecular complexity index is 1150. The summed E-state index contributed by atoms with van der Waals surface area (Å²) in [6, 6.07) is 20.8. The fourth-order valence-corrected chi connectivity index (χ4v) is 6.45. The Kier molecular flexibility index (Phi) is 6.16. The molecule has 0 aliphatic heterocycles. The maximum absolute atomic E-state index is 2.35. The second-order valence-electron chi connectivity index (χ2n) is 9.30. The van der Waals surface area contributed by atoms with Gasteiger partial charge >= 0.3 is 0 Å². The molecule has 2 radical (unpaired) electrons. The zero-order valence-electron chi connectivity index (χ0n) is 19.6. The number of benzene rings is 3. The lowest BCUT2D eigenvalue weighted by Crippen LogP contribution is -2.21. The van der Waals surface area contributed by atoms with Crippen LogP contribution in [0.2, 0.25) is 0 Å². The Labute approximate surface area is 190 Å². The quantitative estimate of drug-likeness (QED) is 0.376. The van der Waals surface area contributed by atoms with E-state index in [4.69, 9.17) is 0 Å². The Morgan fingerprint density at radius 3 is 1.90 bits per heavy atom. The third-order valence-electron chi connectivity index (χ3n) is 5.98. The summed E-state index contributed by atoms with van der Waals surface area (Å²) in [4.78, 5) is 0. The van der Waals surface area contributed by atoms with Gasteiger partial charge in [-0.2, -0.15) is 0 Å². The summed E-state index contributed by atoms with van der Waals surface area (Å²) in [5.41, 5.74) is 12.2. The highest BCUT2D eigenvalue weighted by Gasteiger charge is 2.19. The summed E-state index contributed by atoms with van der Waals surface area (Å²) < 4.78 is 0. The second kappa shape index (κ2) is 8.84. The molecule has 0 saturated heterocycles. The molecule has 3 aromatic rings. The van der Waals surface area contributed by atoms with Crippen LogP contribution >= 0.6 is 0 Å². The van der Waals surface area contributed by atoms with Crippen molar-refractivity contribution < 1.29 is 0 Å². The summed E-state index contributed by atoms with van der Waals surface area (Å²) in [5, 5.41) is 3.05. The number of aryl methyl sites for hydroxylation is 4. The molecule has 0 atom stereocenters. The van der Waals surface area contributed by atoms with E-state index in [-0.39, 0.29) is 0 Å². The zero-order chi connectivity index (χ0) is 22.1. The molecule has 0 spiro atoms. The zero-order valence-corrected chi connectivity index (χ0v) is 20.6. The van der Waals surface area contributed by atoms with Gasteiger partial charge in [0.25, 0.3) is 0 Å². The number of hydrogen-bond acceptors (Lipinski definition) is 0. The van der Waals surface area contributed by atoms with Crippen molar-refractivity contribution in [2.75, 3.05) is 0 Å². The van der Waals surface area contributed by atoms with Gasteiger partial charge in [0, 0.05) is 0 Å². The molecule has 0 saturated carbocycles. The van der Waals surface area contributed by atoms with Crippen molar-refractivity contribution >= 4 is 14.7 Å². The molecular weight excluding hydrogens is 388 g/mol. The average molecular weight is 421 g/mol. The van der Waals surface area contributed by atoms with Crippen LogP contribution in [0.25, 0.3) is 22.3 Å². The van der Waals surface area contributed by atoms with Crippen LogP contribution in [0.4, 0.5) is 0 Å². The van der Waals surface area contributed by atoms with Crippen molar-refractivity contribution in [3.05, 3.63) is 99.8 Å². The minimum absolute atomic E-state index is 0.577. The Morgan fingerprint density at radius 1 is 0.742 bits per heavy atom. The van der Waals surface area contributed by atoms with E-state index in [0.29, 0.717) is 15.4 Å². The van der Waals surface area contributed by atoms with E-state index >= 15 is 0 Å². The van der Waals surface area contributed by atoms with Crippen molar-refractivity contribution in [1.29, 1.82) is 0 Å². The van der Waals surface area contributed by atoms with Crippen LogP contribution in [0.1, 0.15) is 42.5 Å². The summed E-state index contributed by atoms with van der Waals surface area (Å²) in [7, 11) is 0.702. The normalized spacial score (nSPS) is 13.5. The first kappa shape index (κ1) is 21.6. The lowest BCUT2D eigenvalue weighted by Gasteiger charge is -2.19. The fraction of sp³-hybridized carbons (Fsp3) is 0.267. The molecule has 0 heterocycles. The van der Waals surface area contributed by atoms with Gasteiger partial charge in [-0.05, 0) is 62.3 Å². The first-order valence-electron chi connectivity index (χ1n) is 11.3. The van der Waals surface area contributed by atoms with Crippen LogP contribution in [-0.4, -0.2) is 9.52 Å². The maximum atomic E-state index is 2.35. The maximum Gasteiger partial charge on any atom is 0.117 e. The molecule has 0 nitrogen and oxygen atoms in total. The van der Waals surface area contributed by atoms with Crippen LogP contribution in [0.5, 0.6) is 0 Å². The molecule has 156 valence electrons. The molecule has 3 aromatic carbocycles. The molecule has 1 aliphatic rings. The van der Waals surface area contributed by atoms with Crippen molar-refractivity contribution in [2.24, 2.45) is 5.92 Å². The van der Waals surface area contributed by atoms with Gasteiger partial charge in [0.15, 0.2) is 0 Å². The Morgan fingerprint density at radius 2 is 1.32 bits per heavy atom. The highest BCUT2D eigenvalue weighted by molar-refractivity contribution is 6.63. The van der Waals surface area contributed by atoms with E-state index in [9.17, 15) is 0 Å². The third kappa shape index (κ3) is 4.67. The SMILES string of the molecule is Cc1cc(C)cc(-c2cccc([Si]C3=C(C(C)C)C=CC3)c2-c2cc(C)cc(C)c2)c1. The molecule has 0 fully saturated rings. The lowest BCUT2D eigenvalue weighted by atomic mass is 9.91. The van der Waals surface area contributed by atoms with E-state index < -0.39 is 0 Å². The minimum Gasteiger partial charge on any atom is -0.0806 e. The van der Waals surface area contributed by atoms with Gasteiger partial charge in [0.1, 0.15) is 9.52 Å². The predicted molar refractivity (Wildman–Crippen MR) is 137 cm³/mol. The van der Waals surface area contributed by atoms with Crippen LogP contribution in [0.15, 0.2) is 77.5 Å². The van der Waals surface area contributed by atoms with Gasteiger partial charge in [-0.1, -0.05) is 119 Å². The molecule has 0 N–H and O–H groups in total. The van der Waals surface area contributed by atoms with E-state index in [2.05, 4.69) is 108 Å². The standard InChI is InChI=1S/C30H32Si/c1-19(2)26-9-7-11-28(26)31-29-12-8-10-27(24-15-20(3)13-21(4)16-24)30(29)25-17-22(5)14-23(6)18-25/h7-10,12-19H,11H2,1-6H3. The molecule has 0 bridgehead atoms.